The van der Waals surface area contributed by atoms with Gasteiger partial charge in [-0.3, -0.25) is 13.9 Å². The summed E-state index contributed by atoms with van der Waals surface area (Å²) < 4.78 is 29.3. The van der Waals surface area contributed by atoms with Crippen LogP contribution in [0.15, 0.2) is 71.6 Å². The molecule has 0 saturated heterocycles. The number of sulfonamides is 1. The van der Waals surface area contributed by atoms with Gasteiger partial charge in [-0.2, -0.15) is 0 Å². The van der Waals surface area contributed by atoms with Gasteiger partial charge in [-0.05, 0) is 69.0 Å². The van der Waals surface area contributed by atoms with Gasteiger partial charge in [0.1, 0.15) is 12.6 Å². The zero-order chi connectivity index (χ0) is 30.4. The lowest BCUT2D eigenvalue weighted by atomic mass is 10.1. The number of hydrogen-bond donors (Lipinski definition) is 1. The van der Waals surface area contributed by atoms with Gasteiger partial charge in [0.25, 0.3) is 10.0 Å². The Hall–Kier alpha value is -3.07. The molecule has 0 heterocycles. The van der Waals surface area contributed by atoms with E-state index in [1.54, 1.807) is 49.4 Å². The first-order chi connectivity index (χ1) is 20.0. The molecule has 1 unspecified atom stereocenters. The minimum atomic E-state index is -4.15. The molecule has 0 aromatic heterocycles. The monoisotopic (exact) mass is 629 g/mol. The van der Waals surface area contributed by atoms with Crippen molar-refractivity contribution in [2.45, 2.75) is 76.4 Å². The normalized spacial score (nSPS) is 14.4. The average Bonchev–Trinajstić information content (AvgIpc) is 3.48. The zero-order valence-electron chi connectivity index (χ0n) is 24.1. The molecule has 1 aliphatic carbocycles. The van der Waals surface area contributed by atoms with Crippen molar-refractivity contribution in [1.82, 2.24) is 10.2 Å². The van der Waals surface area contributed by atoms with Crippen LogP contribution in [0.3, 0.4) is 0 Å². The Labute approximate surface area is 258 Å². The lowest BCUT2D eigenvalue weighted by Crippen LogP contribution is -2.52. The number of aryl methyl sites for hydroxylation is 2. The van der Waals surface area contributed by atoms with E-state index in [4.69, 9.17) is 23.2 Å². The van der Waals surface area contributed by atoms with Crippen molar-refractivity contribution in [1.29, 1.82) is 0 Å². The van der Waals surface area contributed by atoms with Gasteiger partial charge >= 0.3 is 0 Å². The molecular weight excluding hydrogens is 593 g/mol. The van der Waals surface area contributed by atoms with Gasteiger partial charge in [0.05, 0.1) is 10.6 Å². The van der Waals surface area contributed by atoms with E-state index in [-0.39, 0.29) is 23.4 Å². The smallest absolute Gasteiger partial charge is 0.264 e. The maximum Gasteiger partial charge on any atom is 0.264 e. The van der Waals surface area contributed by atoms with Crippen LogP contribution >= 0.6 is 23.2 Å². The minimum Gasteiger partial charge on any atom is -0.352 e. The summed E-state index contributed by atoms with van der Waals surface area (Å²) in [5.74, 6) is -0.859. The topological polar surface area (TPSA) is 86.8 Å². The fraction of sp³-hybridized carbons (Fsp3) is 0.375. The number of halogens is 2. The molecule has 1 aliphatic rings. The maximum absolute atomic E-state index is 14.2. The average molecular weight is 631 g/mol. The quantitative estimate of drug-likeness (QED) is 0.261. The van der Waals surface area contributed by atoms with Gasteiger partial charge < -0.3 is 10.2 Å². The molecule has 0 radical (unpaired) electrons. The summed E-state index contributed by atoms with van der Waals surface area (Å²) in [6.07, 6.45) is 4.42. The first-order valence-electron chi connectivity index (χ1n) is 14.2. The fourth-order valence-corrected chi connectivity index (χ4v) is 7.20. The molecule has 0 spiro atoms. The Morgan fingerprint density at radius 1 is 0.952 bits per heavy atom. The largest absolute Gasteiger partial charge is 0.352 e. The van der Waals surface area contributed by atoms with Gasteiger partial charge in [0.2, 0.25) is 11.8 Å². The maximum atomic E-state index is 14.2. The Morgan fingerprint density at radius 3 is 2.19 bits per heavy atom. The van der Waals surface area contributed by atoms with Crippen LogP contribution in [0.4, 0.5) is 5.69 Å². The number of rotatable bonds is 11. The molecule has 3 aromatic rings. The van der Waals surface area contributed by atoms with E-state index in [9.17, 15) is 18.0 Å². The molecule has 3 aromatic carbocycles. The van der Waals surface area contributed by atoms with Crippen molar-refractivity contribution in [3.63, 3.8) is 0 Å². The number of hydrogen-bond acceptors (Lipinski definition) is 4. The predicted octanol–water partition coefficient (Wildman–Crippen LogP) is 6.54. The molecule has 1 saturated carbocycles. The van der Waals surface area contributed by atoms with E-state index in [1.165, 1.54) is 17.0 Å². The Kier molecular flexibility index (Phi) is 10.6. The summed E-state index contributed by atoms with van der Waals surface area (Å²) in [5, 5.41) is 3.77. The van der Waals surface area contributed by atoms with E-state index in [2.05, 4.69) is 5.32 Å². The van der Waals surface area contributed by atoms with Crippen LogP contribution in [0.1, 0.15) is 56.2 Å². The summed E-state index contributed by atoms with van der Waals surface area (Å²) in [6, 6.07) is 17.8. The highest BCUT2D eigenvalue weighted by molar-refractivity contribution is 7.92. The molecule has 2 amide bonds. The molecule has 10 heteroatoms. The third-order valence-electron chi connectivity index (χ3n) is 7.79. The highest BCUT2D eigenvalue weighted by Crippen LogP contribution is 2.30. The van der Waals surface area contributed by atoms with Crippen LogP contribution in [0, 0.1) is 6.92 Å². The number of benzene rings is 3. The summed E-state index contributed by atoms with van der Waals surface area (Å²) in [6.45, 7) is 4.87. The standard InChI is InChI=1S/C32H37Cl2N3O4S/c1-4-24-10-5-8-15-30(24)37(42(40,41)26-18-16-22(2)17-19-26)21-31(38)36(20-27-28(33)13-9-14-29(27)34)23(3)32(39)35-25-11-6-7-12-25/h5,8-10,13-19,23,25H,4,6-7,11-12,20-21H2,1-3H3,(H,35,39). The highest BCUT2D eigenvalue weighted by Gasteiger charge is 2.34. The van der Waals surface area contributed by atoms with Gasteiger partial charge in [-0.25, -0.2) is 8.42 Å². The van der Waals surface area contributed by atoms with Crippen molar-refractivity contribution in [3.8, 4) is 0 Å². The van der Waals surface area contributed by atoms with Crippen LogP contribution in [-0.4, -0.2) is 43.8 Å². The molecule has 4 rings (SSSR count). The van der Waals surface area contributed by atoms with Crippen molar-refractivity contribution in [3.05, 3.63) is 93.5 Å². The second kappa shape index (κ2) is 13.9. The summed E-state index contributed by atoms with van der Waals surface area (Å²) in [5.41, 5.74) is 2.58. The van der Waals surface area contributed by atoms with E-state index in [1.807, 2.05) is 26.0 Å². The number of amides is 2. The van der Waals surface area contributed by atoms with Crippen LogP contribution in [0.25, 0.3) is 0 Å². The van der Waals surface area contributed by atoms with E-state index in [0.29, 0.717) is 27.7 Å². The molecule has 224 valence electrons. The third-order valence-corrected chi connectivity index (χ3v) is 10.3. The van der Waals surface area contributed by atoms with Crippen molar-refractivity contribution in [2.24, 2.45) is 0 Å². The Bertz CT molecular complexity index is 1500. The van der Waals surface area contributed by atoms with Crippen LogP contribution in [0.5, 0.6) is 0 Å². The molecule has 0 bridgehead atoms. The number of para-hydroxylation sites is 1. The molecule has 7 nitrogen and oxygen atoms in total. The fourth-order valence-electron chi connectivity index (χ4n) is 5.23. The first-order valence-corrected chi connectivity index (χ1v) is 16.4. The summed E-state index contributed by atoms with van der Waals surface area (Å²) in [7, 11) is -4.15. The van der Waals surface area contributed by atoms with Crippen molar-refractivity contribution < 1.29 is 18.0 Å². The lowest BCUT2D eigenvalue weighted by molar-refractivity contribution is -0.139. The lowest BCUT2D eigenvalue weighted by Gasteiger charge is -2.33. The third kappa shape index (κ3) is 7.28. The van der Waals surface area contributed by atoms with E-state index < -0.39 is 28.5 Å². The second-order valence-electron chi connectivity index (χ2n) is 10.7. The van der Waals surface area contributed by atoms with Gasteiger partial charge in [0, 0.05) is 28.2 Å². The van der Waals surface area contributed by atoms with Crippen molar-refractivity contribution >= 4 is 50.7 Å². The van der Waals surface area contributed by atoms with Crippen LogP contribution < -0.4 is 9.62 Å². The zero-order valence-corrected chi connectivity index (χ0v) is 26.5. The van der Waals surface area contributed by atoms with Crippen LogP contribution in [0.2, 0.25) is 10.0 Å². The number of nitrogens with one attached hydrogen (secondary N) is 1. The van der Waals surface area contributed by atoms with Gasteiger partial charge in [-0.1, -0.05) is 84.9 Å². The van der Waals surface area contributed by atoms with Crippen molar-refractivity contribution in [2.75, 3.05) is 10.8 Å². The SMILES string of the molecule is CCc1ccccc1N(CC(=O)N(Cc1c(Cl)cccc1Cl)C(C)C(=O)NC1CCCC1)S(=O)(=O)c1ccc(C)cc1. The first kappa shape index (κ1) is 31.9. The predicted molar refractivity (Wildman–Crippen MR) is 168 cm³/mol. The summed E-state index contributed by atoms with van der Waals surface area (Å²) >= 11 is 13.0. The molecule has 0 aliphatic heterocycles. The van der Waals surface area contributed by atoms with Gasteiger partial charge in [-0.15, -0.1) is 0 Å². The van der Waals surface area contributed by atoms with Gasteiger partial charge in [0.15, 0.2) is 0 Å². The Balaban J connectivity index is 1.74. The number of nitrogens with zero attached hydrogens (tertiary/aromatic N) is 2. The van der Waals surface area contributed by atoms with Crippen LogP contribution in [-0.2, 0) is 32.6 Å². The molecule has 1 fully saturated rings. The molecule has 42 heavy (non-hydrogen) atoms. The second-order valence-corrected chi connectivity index (χ2v) is 13.4. The minimum absolute atomic E-state index is 0.0515. The molecule has 1 N–H and O–H groups in total. The summed E-state index contributed by atoms with van der Waals surface area (Å²) in [4.78, 5) is 29.1. The highest BCUT2D eigenvalue weighted by atomic mass is 35.5. The molecule has 1 atom stereocenters. The van der Waals surface area contributed by atoms with E-state index >= 15 is 0 Å². The number of carbonyl (C=O) groups is 2. The Morgan fingerprint density at radius 2 is 1.57 bits per heavy atom. The number of anilines is 1. The number of carbonyl (C=O) groups excluding carboxylic acids is 2. The van der Waals surface area contributed by atoms with E-state index in [0.717, 1.165) is 41.1 Å². The molecular formula is C32H37Cl2N3O4S.